The van der Waals surface area contributed by atoms with Gasteiger partial charge in [0.2, 0.25) is 0 Å². The molecule has 21 heavy (non-hydrogen) atoms. The van der Waals surface area contributed by atoms with Gasteiger partial charge in [-0.25, -0.2) is 0 Å². The first-order valence-corrected chi connectivity index (χ1v) is 9.50. The summed E-state index contributed by atoms with van der Waals surface area (Å²) in [5.74, 6) is 0.700. The van der Waals surface area contributed by atoms with Gasteiger partial charge < -0.3 is 0 Å². The second kappa shape index (κ2) is 9.51. The Morgan fingerprint density at radius 3 is 1.95 bits per heavy atom. The third-order valence-electron chi connectivity index (χ3n) is 4.82. The zero-order chi connectivity index (χ0) is 14.9. The van der Waals surface area contributed by atoms with Crippen molar-refractivity contribution in [2.75, 3.05) is 0 Å². The number of rotatable bonds is 12. The lowest BCUT2D eigenvalue weighted by Gasteiger charge is -2.02. The molecule has 0 aliphatic heterocycles. The lowest BCUT2D eigenvalue weighted by Crippen LogP contribution is -1.83. The van der Waals surface area contributed by atoms with Gasteiger partial charge in [0.25, 0.3) is 0 Å². The molecule has 1 atom stereocenters. The topological polar surface area (TPSA) is 0 Å². The second-order valence-corrected chi connectivity index (χ2v) is 7.03. The first kappa shape index (κ1) is 16.9. The van der Waals surface area contributed by atoms with Gasteiger partial charge in [0.05, 0.1) is 0 Å². The Bertz CT molecular complexity index is 410. The predicted molar refractivity (Wildman–Crippen MR) is 94.4 cm³/mol. The molecule has 0 radical (unpaired) electrons. The zero-order valence-electron chi connectivity index (χ0n) is 13.7. The summed E-state index contributed by atoms with van der Waals surface area (Å²) in [4.78, 5) is 0. The molecule has 1 heteroatoms. The quantitative estimate of drug-likeness (QED) is 0.351. The molecule has 0 spiro atoms. The molecule has 1 aliphatic rings. The number of unbranched alkanes of at least 4 members (excludes halogenated alkanes) is 10. The summed E-state index contributed by atoms with van der Waals surface area (Å²) in [5, 5.41) is 0.987. The van der Waals surface area contributed by atoms with E-state index in [0.29, 0.717) is 5.92 Å². The SMILES string of the molecule is CCCCCCCCCCCCCC1c2cccc(Cl)c21. The molecule has 0 fully saturated rings. The van der Waals surface area contributed by atoms with Gasteiger partial charge in [0.1, 0.15) is 0 Å². The molecule has 0 N–H and O–H groups in total. The smallest absolute Gasteiger partial charge is 0.0447 e. The highest BCUT2D eigenvalue weighted by atomic mass is 35.5. The highest BCUT2D eigenvalue weighted by Gasteiger charge is 2.33. The number of fused-ring (bicyclic) bond motifs is 1. The minimum atomic E-state index is 0.700. The van der Waals surface area contributed by atoms with E-state index in [9.17, 15) is 0 Å². The molecule has 0 saturated carbocycles. The Kier molecular flexibility index (Phi) is 7.64. The molecule has 118 valence electrons. The van der Waals surface area contributed by atoms with E-state index in [0.717, 1.165) is 5.02 Å². The van der Waals surface area contributed by atoms with Gasteiger partial charge in [0.15, 0.2) is 0 Å². The van der Waals surface area contributed by atoms with Crippen molar-refractivity contribution in [3.05, 3.63) is 34.3 Å². The predicted octanol–water partition coefficient (Wildman–Crippen LogP) is 7.49. The van der Waals surface area contributed by atoms with E-state index >= 15 is 0 Å². The third-order valence-corrected chi connectivity index (χ3v) is 5.15. The van der Waals surface area contributed by atoms with Crippen molar-refractivity contribution in [1.29, 1.82) is 0 Å². The molecule has 0 bridgehead atoms. The molecule has 1 aliphatic carbocycles. The van der Waals surface area contributed by atoms with Gasteiger partial charge in [-0.2, -0.15) is 0 Å². The lowest BCUT2D eigenvalue weighted by atomic mass is 10.0. The number of hydrogen-bond donors (Lipinski definition) is 0. The van der Waals surface area contributed by atoms with Crippen LogP contribution >= 0.6 is 11.6 Å². The van der Waals surface area contributed by atoms with Crippen LogP contribution in [0.4, 0.5) is 0 Å². The van der Waals surface area contributed by atoms with E-state index in [1.54, 1.807) is 0 Å². The molecular formula is C20H31Cl. The van der Waals surface area contributed by atoms with Gasteiger partial charge in [0, 0.05) is 10.9 Å². The fraction of sp³-hybridized carbons (Fsp3) is 0.700. The fourth-order valence-electron chi connectivity index (χ4n) is 3.44. The summed E-state index contributed by atoms with van der Waals surface area (Å²) in [6.07, 6.45) is 17.0. The van der Waals surface area contributed by atoms with Crippen molar-refractivity contribution in [3.8, 4) is 0 Å². The Morgan fingerprint density at radius 1 is 0.810 bits per heavy atom. The first-order valence-electron chi connectivity index (χ1n) is 9.13. The van der Waals surface area contributed by atoms with Crippen molar-refractivity contribution in [1.82, 2.24) is 0 Å². The van der Waals surface area contributed by atoms with Gasteiger partial charge in [-0.1, -0.05) is 101 Å². The van der Waals surface area contributed by atoms with Crippen LogP contribution in [-0.4, -0.2) is 0 Å². The highest BCUT2D eigenvalue weighted by Crippen LogP contribution is 2.50. The van der Waals surface area contributed by atoms with E-state index in [1.165, 1.54) is 88.2 Å². The molecule has 1 unspecified atom stereocenters. The number of hydrogen-bond acceptors (Lipinski definition) is 0. The van der Waals surface area contributed by atoms with Gasteiger partial charge in [-0.3, -0.25) is 0 Å². The molecule has 1 aromatic rings. The molecule has 0 saturated heterocycles. The van der Waals surface area contributed by atoms with Crippen molar-refractivity contribution in [3.63, 3.8) is 0 Å². The van der Waals surface area contributed by atoms with E-state index in [4.69, 9.17) is 11.6 Å². The summed E-state index contributed by atoms with van der Waals surface area (Å²) in [6, 6.07) is 6.35. The Labute approximate surface area is 136 Å². The summed E-state index contributed by atoms with van der Waals surface area (Å²) < 4.78 is 0. The molecule has 0 nitrogen and oxygen atoms in total. The minimum Gasteiger partial charge on any atom is -0.0840 e. The average molecular weight is 307 g/mol. The summed E-state index contributed by atoms with van der Waals surface area (Å²) in [6.45, 7) is 2.29. The first-order chi connectivity index (χ1) is 10.3. The molecule has 0 amide bonds. The molecule has 0 heterocycles. The van der Waals surface area contributed by atoms with Crippen molar-refractivity contribution >= 4 is 11.6 Å². The second-order valence-electron chi connectivity index (χ2n) is 6.62. The van der Waals surface area contributed by atoms with Crippen LogP contribution < -0.4 is 0 Å². The summed E-state index contributed by atoms with van der Waals surface area (Å²) in [5.41, 5.74) is 2.95. The van der Waals surface area contributed by atoms with Crippen LogP contribution in [-0.2, 0) is 0 Å². The monoisotopic (exact) mass is 306 g/mol. The van der Waals surface area contributed by atoms with Gasteiger partial charge >= 0.3 is 0 Å². The van der Waals surface area contributed by atoms with E-state index in [1.807, 2.05) is 6.07 Å². The number of halogens is 1. The van der Waals surface area contributed by atoms with E-state index in [2.05, 4.69) is 19.1 Å². The Balaban J connectivity index is 1.38. The van der Waals surface area contributed by atoms with Crippen molar-refractivity contribution in [2.24, 2.45) is 0 Å². The summed E-state index contributed by atoms with van der Waals surface area (Å²) in [7, 11) is 0. The molecule has 1 aromatic carbocycles. The van der Waals surface area contributed by atoms with E-state index < -0.39 is 0 Å². The van der Waals surface area contributed by atoms with E-state index in [-0.39, 0.29) is 0 Å². The average Bonchev–Trinajstić information content (AvgIpc) is 3.20. The standard InChI is InChI=1S/C20H31Cl/c1-2-3-4-5-6-7-8-9-10-11-12-14-17-18-15-13-16-19(21)20(17)18/h13,15-17H,2-12,14H2,1H3. The third kappa shape index (κ3) is 5.66. The van der Waals surface area contributed by atoms with Crippen LogP contribution in [0.15, 0.2) is 18.2 Å². The van der Waals surface area contributed by atoms with Gasteiger partial charge in [-0.15, -0.1) is 0 Å². The molecule has 0 aromatic heterocycles. The van der Waals surface area contributed by atoms with Crippen LogP contribution in [0.5, 0.6) is 0 Å². The Hall–Kier alpha value is -0.490. The molecular weight excluding hydrogens is 276 g/mol. The largest absolute Gasteiger partial charge is 0.0840 e. The number of benzene rings is 1. The van der Waals surface area contributed by atoms with Crippen molar-refractivity contribution < 1.29 is 0 Å². The van der Waals surface area contributed by atoms with Crippen LogP contribution in [0.1, 0.15) is 101 Å². The molecule has 2 rings (SSSR count). The van der Waals surface area contributed by atoms with Crippen LogP contribution in [0.25, 0.3) is 0 Å². The summed E-state index contributed by atoms with van der Waals surface area (Å²) >= 11 is 6.20. The minimum absolute atomic E-state index is 0.700. The van der Waals surface area contributed by atoms with Crippen LogP contribution in [0.2, 0.25) is 5.02 Å². The lowest BCUT2D eigenvalue weighted by molar-refractivity contribution is 0.543. The van der Waals surface area contributed by atoms with Crippen LogP contribution in [0, 0.1) is 0 Å². The highest BCUT2D eigenvalue weighted by molar-refractivity contribution is 6.32. The van der Waals surface area contributed by atoms with Crippen LogP contribution in [0.3, 0.4) is 0 Å². The maximum atomic E-state index is 6.20. The Morgan fingerprint density at radius 2 is 1.38 bits per heavy atom. The normalized spacial score (nSPS) is 16.0. The zero-order valence-corrected chi connectivity index (χ0v) is 14.4. The van der Waals surface area contributed by atoms with Crippen molar-refractivity contribution in [2.45, 2.75) is 89.9 Å². The maximum absolute atomic E-state index is 6.20. The maximum Gasteiger partial charge on any atom is 0.0447 e. The van der Waals surface area contributed by atoms with Gasteiger partial charge in [-0.05, 0) is 23.6 Å². The fourth-order valence-corrected chi connectivity index (χ4v) is 3.75.